The fourth-order valence-corrected chi connectivity index (χ4v) is 3.96. The average Bonchev–Trinajstić information content (AvgIpc) is 3.23. The maximum atomic E-state index is 13.2. The Hall–Kier alpha value is -3.81. The Morgan fingerprint density at radius 1 is 1.03 bits per heavy atom. The van der Waals surface area contributed by atoms with E-state index in [2.05, 4.69) is 15.0 Å². The van der Waals surface area contributed by atoms with Crippen LogP contribution < -0.4 is 15.2 Å². The molecule has 1 N–H and O–H groups in total. The molecule has 3 heterocycles. The molecule has 8 nitrogen and oxygen atoms in total. The van der Waals surface area contributed by atoms with Crippen LogP contribution in [-0.2, 0) is 0 Å². The summed E-state index contributed by atoms with van der Waals surface area (Å²) in [5, 5.41) is 4.90. The van der Waals surface area contributed by atoms with Gasteiger partial charge in [-0.05, 0) is 36.4 Å². The second-order valence-corrected chi connectivity index (χ2v) is 7.27. The molecule has 1 aliphatic rings. The topological polar surface area (TPSA) is 82.9 Å². The van der Waals surface area contributed by atoms with Crippen molar-refractivity contribution in [3.05, 3.63) is 70.6 Å². The van der Waals surface area contributed by atoms with Crippen molar-refractivity contribution >= 4 is 28.1 Å². The zero-order valence-electron chi connectivity index (χ0n) is 16.5. The summed E-state index contributed by atoms with van der Waals surface area (Å²) in [6, 6.07) is 15.2. The molecular weight excluding hydrogens is 382 g/mol. The number of fused-ring (bicyclic) bond motifs is 3. The molecular formula is C22H21N5O3. The number of hydrogen-bond acceptors (Lipinski definition) is 5. The largest absolute Gasteiger partial charge is 0.497 e. The van der Waals surface area contributed by atoms with Crippen molar-refractivity contribution in [2.75, 3.05) is 38.2 Å². The highest BCUT2D eigenvalue weighted by molar-refractivity contribution is 6.00. The van der Waals surface area contributed by atoms with Crippen LogP contribution in [0.15, 0.2) is 59.5 Å². The lowest BCUT2D eigenvalue weighted by Gasteiger charge is -2.36. The van der Waals surface area contributed by atoms with Crippen LogP contribution in [0.5, 0.6) is 5.75 Å². The van der Waals surface area contributed by atoms with Gasteiger partial charge in [-0.25, -0.2) is 4.52 Å². The molecule has 0 spiro atoms. The molecule has 8 heteroatoms. The minimum absolute atomic E-state index is 0.120. The number of benzene rings is 2. The highest BCUT2D eigenvalue weighted by Crippen LogP contribution is 2.22. The van der Waals surface area contributed by atoms with Gasteiger partial charge >= 0.3 is 0 Å². The second-order valence-electron chi connectivity index (χ2n) is 7.27. The number of hydrogen-bond donors (Lipinski definition) is 1. The fourth-order valence-electron chi connectivity index (χ4n) is 3.96. The third kappa shape index (κ3) is 2.97. The van der Waals surface area contributed by atoms with Gasteiger partial charge in [-0.1, -0.05) is 12.1 Å². The van der Waals surface area contributed by atoms with Gasteiger partial charge in [0.25, 0.3) is 11.5 Å². The number of carbonyl (C=O) groups is 1. The maximum Gasteiger partial charge on any atom is 0.259 e. The Morgan fingerprint density at radius 2 is 1.77 bits per heavy atom. The molecule has 2 aromatic heterocycles. The van der Waals surface area contributed by atoms with Crippen LogP contribution in [0.4, 0.5) is 5.69 Å². The highest BCUT2D eigenvalue weighted by Gasteiger charge is 2.25. The third-order valence-electron chi connectivity index (χ3n) is 5.61. The van der Waals surface area contributed by atoms with Gasteiger partial charge in [0.05, 0.1) is 24.2 Å². The Bertz CT molecular complexity index is 1280. The SMILES string of the molecule is COc1ccc(N2CCN(C(=O)c3cnn4c3[nH]c(=O)c3ccccc34)CC2)cc1. The highest BCUT2D eigenvalue weighted by atomic mass is 16.5. The van der Waals surface area contributed by atoms with Crippen molar-refractivity contribution in [3.8, 4) is 5.75 Å². The zero-order valence-corrected chi connectivity index (χ0v) is 16.5. The monoisotopic (exact) mass is 403 g/mol. The number of ether oxygens (including phenoxy) is 1. The molecule has 5 rings (SSSR count). The van der Waals surface area contributed by atoms with Crippen LogP contribution in [0.2, 0.25) is 0 Å². The molecule has 0 radical (unpaired) electrons. The predicted molar refractivity (Wildman–Crippen MR) is 114 cm³/mol. The standard InChI is InChI=1S/C22H21N5O3/c1-30-16-8-6-15(7-9-16)25-10-12-26(13-11-25)22(29)18-14-23-27-19-5-3-2-4-17(19)21(28)24-20(18)27/h2-9,14H,10-13H2,1H3,(H,24,28). The van der Waals surface area contributed by atoms with E-state index in [4.69, 9.17) is 4.74 Å². The first kappa shape index (κ1) is 18.2. The molecule has 0 atom stereocenters. The molecule has 1 fully saturated rings. The lowest BCUT2D eigenvalue weighted by Crippen LogP contribution is -2.48. The Labute approximate surface area is 172 Å². The van der Waals surface area contributed by atoms with Crippen molar-refractivity contribution in [3.63, 3.8) is 0 Å². The number of anilines is 1. The zero-order chi connectivity index (χ0) is 20.7. The molecule has 0 aliphatic carbocycles. The summed E-state index contributed by atoms with van der Waals surface area (Å²) in [5.74, 6) is 0.701. The quantitative estimate of drug-likeness (QED) is 0.567. The molecule has 1 amide bonds. The van der Waals surface area contributed by atoms with Gasteiger partial charge in [0.1, 0.15) is 17.0 Å². The van der Waals surface area contributed by atoms with E-state index >= 15 is 0 Å². The van der Waals surface area contributed by atoms with E-state index in [-0.39, 0.29) is 11.5 Å². The van der Waals surface area contributed by atoms with Crippen molar-refractivity contribution in [1.29, 1.82) is 0 Å². The van der Waals surface area contributed by atoms with E-state index in [9.17, 15) is 9.59 Å². The van der Waals surface area contributed by atoms with Crippen molar-refractivity contribution in [2.45, 2.75) is 0 Å². The van der Waals surface area contributed by atoms with Gasteiger partial charge in [-0.15, -0.1) is 0 Å². The molecule has 2 aromatic carbocycles. The van der Waals surface area contributed by atoms with Crippen molar-refractivity contribution < 1.29 is 9.53 Å². The van der Waals surface area contributed by atoms with E-state index in [0.717, 1.165) is 24.5 Å². The van der Waals surface area contributed by atoms with Crippen molar-refractivity contribution in [2.24, 2.45) is 0 Å². The van der Waals surface area contributed by atoms with E-state index in [1.165, 1.54) is 6.20 Å². The molecule has 0 bridgehead atoms. The lowest BCUT2D eigenvalue weighted by atomic mass is 10.2. The number of methoxy groups -OCH3 is 1. The number of carbonyl (C=O) groups excluding carboxylic acids is 1. The molecule has 1 aliphatic heterocycles. The molecule has 152 valence electrons. The van der Waals surface area contributed by atoms with Gasteiger partial charge in [0.2, 0.25) is 0 Å². The van der Waals surface area contributed by atoms with Gasteiger partial charge in [-0.3, -0.25) is 9.59 Å². The van der Waals surface area contributed by atoms with Crippen LogP contribution in [-0.4, -0.2) is 58.7 Å². The lowest BCUT2D eigenvalue weighted by molar-refractivity contribution is 0.0748. The summed E-state index contributed by atoms with van der Waals surface area (Å²) in [6.07, 6.45) is 1.54. The minimum atomic E-state index is -0.225. The Morgan fingerprint density at radius 3 is 2.50 bits per heavy atom. The number of aromatic nitrogens is 3. The summed E-state index contributed by atoms with van der Waals surface area (Å²) in [4.78, 5) is 32.5. The molecule has 4 aromatic rings. The smallest absolute Gasteiger partial charge is 0.259 e. The predicted octanol–water partition coefficient (Wildman–Crippen LogP) is 2.15. The van der Waals surface area contributed by atoms with E-state index < -0.39 is 0 Å². The number of piperazine rings is 1. The van der Waals surface area contributed by atoms with Gasteiger partial charge in [-0.2, -0.15) is 5.10 Å². The summed E-state index contributed by atoms with van der Waals surface area (Å²) in [5.41, 5.74) is 2.41. The third-order valence-corrected chi connectivity index (χ3v) is 5.61. The van der Waals surface area contributed by atoms with E-state index in [1.54, 1.807) is 23.8 Å². The van der Waals surface area contributed by atoms with E-state index in [0.29, 0.717) is 35.2 Å². The molecule has 0 saturated carbocycles. The minimum Gasteiger partial charge on any atom is -0.497 e. The molecule has 1 saturated heterocycles. The number of nitrogens with one attached hydrogen (secondary N) is 1. The number of para-hydroxylation sites is 1. The average molecular weight is 403 g/mol. The fraction of sp³-hybridized carbons (Fsp3) is 0.227. The van der Waals surface area contributed by atoms with E-state index in [1.807, 2.05) is 41.3 Å². The van der Waals surface area contributed by atoms with Gasteiger partial charge in [0.15, 0.2) is 0 Å². The van der Waals surface area contributed by atoms with Crippen LogP contribution in [0.25, 0.3) is 16.6 Å². The van der Waals surface area contributed by atoms with Crippen LogP contribution in [0, 0.1) is 0 Å². The molecule has 0 unspecified atom stereocenters. The first-order valence-corrected chi connectivity index (χ1v) is 9.83. The normalized spacial score (nSPS) is 14.4. The first-order valence-electron chi connectivity index (χ1n) is 9.83. The summed E-state index contributed by atoms with van der Waals surface area (Å²) in [7, 11) is 1.65. The number of nitrogens with zero attached hydrogens (tertiary/aromatic N) is 4. The van der Waals surface area contributed by atoms with Crippen molar-refractivity contribution in [1.82, 2.24) is 19.5 Å². The Balaban J connectivity index is 1.38. The summed E-state index contributed by atoms with van der Waals surface area (Å²) < 4.78 is 6.83. The number of H-pyrrole nitrogens is 1. The van der Waals surface area contributed by atoms with Gasteiger partial charge < -0.3 is 19.5 Å². The second kappa shape index (κ2) is 7.22. The molecule has 30 heavy (non-hydrogen) atoms. The van der Waals surface area contributed by atoms with Gasteiger partial charge in [0, 0.05) is 31.9 Å². The summed E-state index contributed by atoms with van der Waals surface area (Å²) >= 11 is 0. The summed E-state index contributed by atoms with van der Waals surface area (Å²) in [6.45, 7) is 2.66. The number of amides is 1. The maximum absolute atomic E-state index is 13.2. The van der Waals surface area contributed by atoms with Crippen LogP contribution in [0.3, 0.4) is 0 Å². The Kier molecular flexibility index (Phi) is 4.39. The van der Waals surface area contributed by atoms with Crippen LogP contribution >= 0.6 is 0 Å². The number of rotatable bonds is 3. The van der Waals surface area contributed by atoms with Crippen LogP contribution in [0.1, 0.15) is 10.4 Å². The number of aromatic amines is 1. The first-order chi connectivity index (χ1) is 14.7.